The molecule has 0 unspecified atom stereocenters. The highest BCUT2D eigenvalue weighted by molar-refractivity contribution is 5.81. The maximum absolute atomic E-state index is 11.2. The van der Waals surface area contributed by atoms with Gasteiger partial charge in [-0.15, -0.1) is 4.99 Å². The van der Waals surface area contributed by atoms with E-state index >= 15 is 0 Å². The highest BCUT2D eigenvalue weighted by Crippen LogP contribution is 2.14. The summed E-state index contributed by atoms with van der Waals surface area (Å²) >= 11 is 0. The normalized spacial score (nSPS) is 13.7. The molecule has 0 radical (unpaired) electrons. The molecule has 0 saturated carbocycles. The van der Waals surface area contributed by atoms with Crippen LogP contribution in [0.15, 0.2) is 4.99 Å². The van der Waals surface area contributed by atoms with Crippen LogP contribution in [0.1, 0.15) is 27.2 Å². The van der Waals surface area contributed by atoms with Gasteiger partial charge < -0.3 is 19.3 Å². The van der Waals surface area contributed by atoms with Crippen LogP contribution in [0.25, 0.3) is 0 Å². The van der Waals surface area contributed by atoms with Gasteiger partial charge in [0.1, 0.15) is 12.7 Å². The fourth-order valence-corrected chi connectivity index (χ4v) is 1.59. The Hall–Kier alpha value is -2.58. The van der Waals surface area contributed by atoms with Gasteiger partial charge in [0.15, 0.2) is 12.2 Å². The number of nitrogens with zero attached hydrogens (tertiary/aromatic N) is 1. The molecule has 1 amide bonds. The third-order valence-electron chi connectivity index (χ3n) is 2.37. The van der Waals surface area contributed by atoms with E-state index in [1.165, 1.54) is 0 Å². The topological polar surface area (TPSA) is 146 Å². The van der Waals surface area contributed by atoms with Crippen molar-refractivity contribution in [2.45, 2.75) is 45.5 Å². The van der Waals surface area contributed by atoms with Crippen LogP contribution < -0.4 is 0 Å². The van der Waals surface area contributed by atoms with Crippen LogP contribution in [0.2, 0.25) is 0 Å². The van der Waals surface area contributed by atoms with Crippen LogP contribution in [-0.4, -0.2) is 59.9 Å². The molecule has 0 aromatic rings. The average Bonchev–Trinajstić information content (AvgIpc) is 2.40. The Balaban J connectivity index is 5.25. The summed E-state index contributed by atoms with van der Waals surface area (Å²) in [7, 11) is 0. The van der Waals surface area contributed by atoms with Gasteiger partial charge in [-0.3, -0.25) is 19.2 Å². The monoisotopic (exact) mass is 331 g/mol. The number of hydrogen-bond donors (Lipinski definition) is 1. The zero-order chi connectivity index (χ0) is 18.0. The van der Waals surface area contributed by atoms with Crippen molar-refractivity contribution in [2.75, 3.05) is 6.61 Å². The molecule has 23 heavy (non-hydrogen) atoms. The second kappa shape index (κ2) is 10.2. The van der Waals surface area contributed by atoms with Crippen molar-refractivity contribution in [3.63, 3.8) is 0 Å². The molecule has 0 rings (SSSR count). The summed E-state index contributed by atoms with van der Waals surface area (Å²) in [5.41, 5.74) is 0. The van der Waals surface area contributed by atoms with Gasteiger partial charge in [0.05, 0.1) is 6.42 Å². The molecule has 3 atom stereocenters. The standard InChI is InChI=1S/C13H17NO9/c1-7(16)21-5-11(22-8(2)17)13(23-9(3)18)10(19)4-12(20)14-6-15/h10-11,13,19H,4-5H2,1-3H3/t10-,11-,13+/m1/s1. The molecule has 1 N–H and O–H groups in total. The quantitative estimate of drug-likeness (QED) is 0.257. The summed E-state index contributed by atoms with van der Waals surface area (Å²) < 4.78 is 14.4. The molecule has 10 heteroatoms. The van der Waals surface area contributed by atoms with Crippen molar-refractivity contribution < 1.29 is 43.3 Å². The van der Waals surface area contributed by atoms with Crippen LogP contribution >= 0.6 is 0 Å². The van der Waals surface area contributed by atoms with Crippen LogP contribution in [0.4, 0.5) is 0 Å². The van der Waals surface area contributed by atoms with Crippen molar-refractivity contribution in [1.82, 2.24) is 0 Å². The summed E-state index contributed by atoms with van der Waals surface area (Å²) in [6.45, 7) is 2.68. The first-order valence-electron chi connectivity index (χ1n) is 6.44. The Morgan fingerprint density at radius 3 is 2.04 bits per heavy atom. The Morgan fingerprint density at radius 1 is 1.04 bits per heavy atom. The number of aliphatic hydroxyl groups is 1. The predicted molar refractivity (Wildman–Crippen MR) is 71.5 cm³/mol. The minimum atomic E-state index is -1.65. The lowest BCUT2D eigenvalue weighted by atomic mass is 10.0. The molecule has 0 heterocycles. The van der Waals surface area contributed by atoms with Crippen LogP contribution in [0, 0.1) is 0 Å². The first-order chi connectivity index (χ1) is 10.7. The Labute approximate surface area is 131 Å². The van der Waals surface area contributed by atoms with Crippen molar-refractivity contribution in [2.24, 2.45) is 4.99 Å². The van der Waals surface area contributed by atoms with Gasteiger partial charge in [0, 0.05) is 20.8 Å². The summed E-state index contributed by atoms with van der Waals surface area (Å²) in [5, 5.41) is 9.98. The van der Waals surface area contributed by atoms with E-state index in [0.717, 1.165) is 26.9 Å². The second-order valence-electron chi connectivity index (χ2n) is 4.39. The minimum Gasteiger partial charge on any atom is -0.462 e. The molecule has 0 aliphatic rings. The Bertz CT molecular complexity index is 510. The summed E-state index contributed by atoms with van der Waals surface area (Å²) in [5.74, 6) is -3.33. The fourth-order valence-electron chi connectivity index (χ4n) is 1.59. The molecule has 10 nitrogen and oxygen atoms in total. The molecule has 0 aliphatic carbocycles. The lowest BCUT2D eigenvalue weighted by Crippen LogP contribution is -2.46. The number of carbonyl (C=O) groups is 4. The summed E-state index contributed by atoms with van der Waals surface area (Å²) in [6.07, 6.45) is -4.18. The van der Waals surface area contributed by atoms with Crippen molar-refractivity contribution in [3.05, 3.63) is 0 Å². The molecule has 0 bridgehead atoms. The lowest BCUT2D eigenvalue weighted by molar-refractivity contribution is -0.183. The number of aliphatic imine (C=N–C) groups is 1. The van der Waals surface area contributed by atoms with Crippen molar-refractivity contribution >= 4 is 29.9 Å². The van der Waals surface area contributed by atoms with Gasteiger partial charge in [-0.2, -0.15) is 0 Å². The van der Waals surface area contributed by atoms with E-state index in [1.807, 2.05) is 0 Å². The number of ether oxygens (including phenoxy) is 3. The summed E-state index contributed by atoms with van der Waals surface area (Å²) in [6, 6.07) is 0. The van der Waals surface area contributed by atoms with Gasteiger partial charge in [-0.1, -0.05) is 0 Å². The number of amides is 1. The van der Waals surface area contributed by atoms with E-state index in [-0.39, 0.29) is 0 Å². The highest BCUT2D eigenvalue weighted by Gasteiger charge is 2.35. The number of esters is 3. The van der Waals surface area contributed by atoms with Gasteiger partial charge in [-0.25, -0.2) is 4.79 Å². The van der Waals surface area contributed by atoms with Crippen LogP contribution in [0.3, 0.4) is 0 Å². The third-order valence-corrected chi connectivity index (χ3v) is 2.37. The maximum atomic E-state index is 11.2. The molecule has 0 aliphatic heterocycles. The van der Waals surface area contributed by atoms with Gasteiger partial charge in [-0.05, 0) is 0 Å². The first kappa shape index (κ1) is 20.4. The molecular weight excluding hydrogens is 314 g/mol. The lowest BCUT2D eigenvalue weighted by Gasteiger charge is -2.28. The molecule has 0 aromatic heterocycles. The number of rotatable bonds is 8. The zero-order valence-electron chi connectivity index (χ0n) is 12.8. The molecular formula is C13H17NO9. The molecule has 0 spiro atoms. The second-order valence-corrected chi connectivity index (χ2v) is 4.39. The van der Waals surface area contributed by atoms with Crippen molar-refractivity contribution in [3.8, 4) is 0 Å². The molecule has 0 aromatic carbocycles. The van der Waals surface area contributed by atoms with E-state index in [1.54, 1.807) is 0 Å². The number of isocyanates is 1. The van der Waals surface area contributed by atoms with Crippen LogP contribution in [-0.2, 0) is 38.2 Å². The van der Waals surface area contributed by atoms with E-state index in [9.17, 15) is 29.1 Å². The number of carbonyl (C=O) groups excluding carboxylic acids is 5. The SMILES string of the molecule is CC(=O)OC[C@@H](OC(C)=O)[C@@H](OC(C)=O)[C@H](O)CC(=O)N=C=O. The van der Waals surface area contributed by atoms with E-state index in [4.69, 9.17) is 9.47 Å². The predicted octanol–water partition coefficient (Wildman–Crippen LogP) is -0.974. The highest BCUT2D eigenvalue weighted by atomic mass is 16.6. The largest absolute Gasteiger partial charge is 0.462 e. The van der Waals surface area contributed by atoms with E-state index in [0.29, 0.717) is 0 Å². The van der Waals surface area contributed by atoms with Crippen molar-refractivity contribution in [1.29, 1.82) is 0 Å². The Kier molecular flexibility index (Phi) is 9.05. The molecule has 0 saturated heterocycles. The van der Waals surface area contributed by atoms with Gasteiger partial charge >= 0.3 is 17.9 Å². The number of hydrogen-bond acceptors (Lipinski definition) is 9. The average molecular weight is 331 g/mol. The van der Waals surface area contributed by atoms with E-state index < -0.39 is 55.2 Å². The fraction of sp³-hybridized carbons (Fsp3) is 0.615. The Morgan fingerprint density at radius 2 is 1.61 bits per heavy atom. The maximum Gasteiger partial charge on any atom is 0.303 e. The molecule has 128 valence electrons. The first-order valence-corrected chi connectivity index (χ1v) is 6.44. The minimum absolute atomic E-state index is 0.505. The van der Waals surface area contributed by atoms with Gasteiger partial charge in [0.25, 0.3) is 5.91 Å². The molecule has 0 fully saturated rings. The third kappa shape index (κ3) is 9.12. The van der Waals surface area contributed by atoms with Gasteiger partial charge in [0.2, 0.25) is 6.08 Å². The number of aliphatic hydroxyl groups excluding tert-OH is 1. The van der Waals surface area contributed by atoms with E-state index in [2.05, 4.69) is 9.73 Å². The smallest absolute Gasteiger partial charge is 0.303 e. The zero-order valence-corrected chi connectivity index (χ0v) is 12.8. The summed E-state index contributed by atoms with van der Waals surface area (Å²) in [4.78, 5) is 57.1. The van der Waals surface area contributed by atoms with Crippen LogP contribution in [0.5, 0.6) is 0 Å².